The molecule has 5 nitrogen and oxygen atoms in total. The third-order valence-electron chi connectivity index (χ3n) is 2.55. The zero-order chi connectivity index (χ0) is 13.2. The van der Waals surface area contributed by atoms with Crippen LogP contribution in [0.5, 0.6) is 0 Å². The fourth-order valence-corrected chi connectivity index (χ4v) is 3.64. The van der Waals surface area contributed by atoms with Gasteiger partial charge in [0.1, 0.15) is 0 Å². The Labute approximate surface area is 110 Å². The smallest absolute Gasteiger partial charge is 0.242 e. The van der Waals surface area contributed by atoms with Crippen LogP contribution in [0.2, 0.25) is 0 Å². The maximum atomic E-state index is 12.1. The summed E-state index contributed by atoms with van der Waals surface area (Å²) in [5.41, 5.74) is 6.13. The van der Waals surface area contributed by atoms with Gasteiger partial charge in [-0.3, -0.25) is 0 Å². The molecule has 2 aromatic rings. The van der Waals surface area contributed by atoms with E-state index in [1.165, 1.54) is 17.5 Å². The van der Waals surface area contributed by atoms with E-state index >= 15 is 0 Å². The number of aromatic nitrogens is 1. The van der Waals surface area contributed by atoms with E-state index in [-0.39, 0.29) is 17.5 Å². The second-order valence-corrected chi connectivity index (χ2v) is 6.62. The predicted octanol–water partition coefficient (Wildman–Crippen LogP) is 1.57. The number of hydrogen-bond acceptors (Lipinski definition) is 4. The second-order valence-electron chi connectivity index (χ2n) is 3.92. The van der Waals surface area contributed by atoms with Crippen LogP contribution in [-0.2, 0) is 16.6 Å². The fourth-order valence-electron chi connectivity index (χ4n) is 1.59. The van der Waals surface area contributed by atoms with Crippen molar-refractivity contribution in [1.82, 2.24) is 9.71 Å². The molecule has 0 aliphatic carbocycles. The number of thiophene rings is 1. The van der Waals surface area contributed by atoms with Gasteiger partial charge in [-0.15, -0.1) is 11.3 Å². The normalized spacial score (nSPS) is 13.7. The first kappa shape index (κ1) is 13.3. The highest BCUT2D eigenvalue weighted by atomic mass is 32.2. The molecule has 0 aromatic carbocycles. The van der Waals surface area contributed by atoms with Crippen molar-refractivity contribution in [3.05, 3.63) is 40.3 Å². The van der Waals surface area contributed by atoms with Gasteiger partial charge in [0.05, 0.1) is 10.9 Å². The van der Waals surface area contributed by atoms with Crippen LogP contribution in [0.3, 0.4) is 0 Å². The van der Waals surface area contributed by atoms with E-state index in [0.717, 1.165) is 4.88 Å². The van der Waals surface area contributed by atoms with Crippen molar-refractivity contribution in [2.24, 2.45) is 5.73 Å². The first-order valence-electron chi connectivity index (χ1n) is 5.46. The van der Waals surface area contributed by atoms with E-state index in [9.17, 15) is 8.42 Å². The summed E-state index contributed by atoms with van der Waals surface area (Å²) in [7, 11) is -3.50. The summed E-state index contributed by atoms with van der Waals surface area (Å²) in [6, 6.07) is 5.10. The third kappa shape index (κ3) is 2.81. The summed E-state index contributed by atoms with van der Waals surface area (Å²) >= 11 is 1.52. The van der Waals surface area contributed by atoms with Crippen LogP contribution >= 0.6 is 11.3 Å². The Morgan fingerprint density at radius 3 is 2.89 bits per heavy atom. The number of nitrogens with one attached hydrogen (secondary N) is 2. The van der Waals surface area contributed by atoms with Gasteiger partial charge in [-0.25, -0.2) is 13.1 Å². The minimum Gasteiger partial charge on any atom is -0.363 e. The van der Waals surface area contributed by atoms with E-state index in [1.54, 1.807) is 6.07 Å². The maximum Gasteiger partial charge on any atom is 0.242 e. The molecule has 0 aliphatic rings. The quantitative estimate of drug-likeness (QED) is 0.779. The zero-order valence-corrected chi connectivity index (χ0v) is 11.5. The first-order valence-corrected chi connectivity index (χ1v) is 7.82. The van der Waals surface area contributed by atoms with E-state index < -0.39 is 10.0 Å². The Balaban J connectivity index is 2.17. The minimum absolute atomic E-state index is 0.214. The van der Waals surface area contributed by atoms with Crippen LogP contribution in [0.25, 0.3) is 0 Å². The summed E-state index contributed by atoms with van der Waals surface area (Å²) in [5.74, 6) is 0. The zero-order valence-electron chi connectivity index (χ0n) is 9.88. The lowest BCUT2D eigenvalue weighted by Gasteiger charge is -2.11. The van der Waals surface area contributed by atoms with Crippen molar-refractivity contribution in [2.75, 3.05) is 0 Å². The Morgan fingerprint density at radius 1 is 1.56 bits per heavy atom. The lowest BCUT2D eigenvalue weighted by Crippen LogP contribution is -2.26. The first-order chi connectivity index (χ1) is 8.53. The van der Waals surface area contributed by atoms with Gasteiger partial charge in [0.15, 0.2) is 0 Å². The molecule has 0 fully saturated rings. The third-order valence-corrected chi connectivity index (χ3v) is 5.12. The largest absolute Gasteiger partial charge is 0.363 e. The monoisotopic (exact) mass is 285 g/mol. The SMILES string of the molecule is CC(NS(=O)(=O)c1c[nH]c(CN)c1)c1cccs1. The van der Waals surface area contributed by atoms with Gasteiger partial charge in [0.2, 0.25) is 10.0 Å². The molecular weight excluding hydrogens is 270 g/mol. The van der Waals surface area contributed by atoms with Crippen molar-refractivity contribution in [2.45, 2.75) is 24.4 Å². The fraction of sp³-hybridized carbons (Fsp3) is 0.273. The molecule has 0 saturated carbocycles. The van der Waals surface area contributed by atoms with Crippen molar-refractivity contribution < 1.29 is 8.42 Å². The molecule has 2 rings (SSSR count). The summed E-state index contributed by atoms with van der Waals surface area (Å²) in [6.07, 6.45) is 1.45. The molecule has 0 radical (unpaired) electrons. The summed E-state index contributed by atoms with van der Waals surface area (Å²) in [4.78, 5) is 4.02. The Bertz CT molecular complexity index is 602. The maximum absolute atomic E-state index is 12.1. The van der Waals surface area contributed by atoms with E-state index in [2.05, 4.69) is 9.71 Å². The number of H-pyrrole nitrogens is 1. The van der Waals surface area contributed by atoms with Gasteiger partial charge < -0.3 is 10.7 Å². The summed E-state index contributed by atoms with van der Waals surface area (Å²) < 4.78 is 26.8. The highest BCUT2D eigenvalue weighted by Crippen LogP contribution is 2.21. The van der Waals surface area contributed by atoms with Crippen LogP contribution in [0.4, 0.5) is 0 Å². The number of nitrogens with two attached hydrogens (primary N) is 1. The predicted molar refractivity (Wildman–Crippen MR) is 71.7 cm³/mol. The Kier molecular flexibility index (Phi) is 3.86. The molecule has 2 heterocycles. The summed E-state index contributed by atoms with van der Waals surface area (Å²) in [5, 5.41) is 1.92. The highest BCUT2D eigenvalue weighted by molar-refractivity contribution is 7.89. The van der Waals surface area contributed by atoms with Crippen molar-refractivity contribution in [1.29, 1.82) is 0 Å². The molecule has 0 bridgehead atoms. The molecule has 7 heteroatoms. The number of hydrogen-bond donors (Lipinski definition) is 3. The van der Waals surface area contributed by atoms with Gasteiger partial charge in [-0.1, -0.05) is 6.07 Å². The van der Waals surface area contributed by atoms with Gasteiger partial charge in [-0.2, -0.15) is 0 Å². The molecule has 1 atom stereocenters. The molecule has 0 amide bonds. The standard InChI is InChI=1S/C11H15N3O2S2/c1-8(11-3-2-4-17-11)14-18(15,16)10-5-9(6-12)13-7-10/h2-5,7-8,13-14H,6,12H2,1H3. The lowest BCUT2D eigenvalue weighted by atomic mass is 10.3. The van der Waals surface area contributed by atoms with Crippen molar-refractivity contribution in [3.63, 3.8) is 0 Å². The van der Waals surface area contributed by atoms with Gasteiger partial charge >= 0.3 is 0 Å². The molecule has 0 aliphatic heterocycles. The molecule has 18 heavy (non-hydrogen) atoms. The van der Waals surface area contributed by atoms with Crippen molar-refractivity contribution in [3.8, 4) is 0 Å². The van der Waals surface area contributed by atoms with Gasteiger partial charge in [0.25, 0.3) is 0 Å². The van der Waals surface area contributed by atoms with Crippen molar-refractivity contribution >= 4 is 21.4 Å². The molecule has 4 N–H and O–H groups in total. The van der Waals surface area contributed by atoms with Gasteiger partial charge in [-0.05, 0) is 24.4 Å². The molecular formula is C11H15N3O2S2. The Morgan fingerprint density at radius 2 is 2.33 bits per heavy atom. The molecule has 0 saturated heterocycles. The highest BCUT2D eigenvalue weighted by Gasteiger charge is 2.19. The van der Waals surface area contributed by atoms with Crippen LogP contribution < -0.4 is 10.5 Å². The van der Waals surface area contributed by atoms with Crippen LogP contribution in [0, 0.1) is 0 Å². The van der Waals surface area contributed by atoms with Crippen LogP contribution in [-0.4, -0.2) is 13.4 Å². The lowest BCUT2D eigenvalue weighted by molar-refractivity contribution is 0.568. The topological polar surface area (TPSA) is 88.0 Å². The Hall–Kier alpha value is -1.15. The molecule has 0 spiro atoms. The van der Waals surface area contributed by atoms with Crippen LogP contribution in [0.15, 0.2) is 34.7 Å². The minimum atomic E-state index is -3.50. The van der Waals surface area contributed by atoms with Crippen LogP contribution in [0.1, 0.15) is 23.5 Å². The number of aromatic amines is 1. The van der Waals surface area contributed by atoms with Gasteiger partial charge in [0, 0.05) is 23.3 Å². The molecule has 2 aromatic heterocycles. The molecule has 1 unspecified atom stereocenters. The second kappa shape index (κ2) is 5.23. The van der Waals surface area contributed by atoms with E-state index in [4.69, 9.17) is 5.73 Å². The van der Waals surface area contributed by atoms with E-state index in [1.807, 2.05) is 24.4 Å². The number of rotatable bonds is 5. The summed E-state index contributed by atoms with van der Waals surface area (Å²) in [6.45, 7) is 2.11. The average Bonchev–Trinajstić information content (AvgIpc) is 3.00. The molecule has 98 valence electrons. The number of sulfonamides is 1. The van der Waals surface area contributed by atoms with E-state index in [0.29, 0.717) is 5.69 Å². The average molecular weight is 285 g/mol.